The molecule has 0 aliphatic heterocycles. The highest BCUT2D eigenvalue weighted by atomic mass is 19.4. The molecule has 12 heavy (non-hydrogen) atoms. The van der Waals surface area contributed by atoms with Crippen LogP contribution < -0.4 is 5.73 Å². The molecule has 0 saturated carbocycles. The predicted molar refractivity (Wildman–Crippen MR) is 40.4 cm³/mol. The summed E-state index contributed by atoms with van der Waals surface area (Å²) in [6.07, 6.45) is -0.459. The summed E-state index contributed by atoms with van der Waals surface area (Å²) in [5, 5.41) is 0. The van der Waals surface area contributed by atoms with Gasteiger partial charge in [0.1, 0.15) is 0 Å². The van der Waals surface area contributed by atoms with Gasteiger partial charge in [0.25, 0.3) is 0 Å². The van der Waals surface area contributed by atoms with E-state index in [0.29, 0.717) is 5.57 Å². The quantitative estimate of drug-likeness (QED) is 0.651. The van der Waals surface area contributed by atoms with E-state index >= 15 is 0 Å². The molecule has 1 aliphatic carbocycles. The summed E-state index contributed by atoms with van der Waals surface area (Å²) in [5.41, 5.74) is 5.97. The zero-order valence-electron chi connectivity index (χ0n) is 6.60. The second-order valence-corrected chi connectivity index (χ2v) is 2.88. The van der Waals surface area contributed by atoms with Crippen molar-refractivity contribution in [2.45, 2.75) is 19.1 Å². The summed E-state index contributed by atoms with van der Waals surface area (Å²) in [7, 11) is 0. The molecule has 1 aliphatic rings. The van der Waals surface area contributed by atoms with E-state index in [1.807, 2.05) is 0 Å². The number of rotatable bonds is 1. The first-order valence-electron chi connectivity index (χ1n) is 3.63. The van der Waals surface area contributed by atoms with Gasteiger partial charge in [0.05, 0.1) is 5.92 Å². The van der Waals surface area contributed by atoms with Gasteiger partial charge in [-0.25, -0.2) is 0 Å². The van der Waals surface area contributed by atoms with Gasteiger partial charge in [-0.05, 0) is 12.5 Å². The molecule has 0 heterocycles. The number of halogens is 3. The van der Waals surface area contributed by atoms with Crippen LogP contribution in [-0.2, 0) is 0 Å². The molecule has 1 nitrogen and oxygen atoms in total. The smallest absolute Gasteiger partial charge is 0.324 e. The zero-order chi connectivity index (χ0) is 9.35. The minimum absolute atomic E-state index is 0.325. The molecule has 0 fully saturated rings. The van der Waals surface area contributed by atoms with Gasteiger partial charge in [-0.3, -0.25) is 0 Å². The summed E-state index contributed by atoms with van der Waals surface area (Å²) >= 11 is 0. The van der Waals surface area contributed by atoms with E-state index in [9.17, 15) is 13.2 Å². The Bertz CT molecular complexity index is 225. The molecular weight excluding hydrogens is 167 g/mol. The van der Waals surface area contributed by atoms with E-state index in [4.69, 9.17) is 5.73 Å². The van der Waals surface area contributed by atoms with Crippen LogP contribution in [0.2, 0.25) is 0 Å². The zero-order valence-corrected chi connectivity index (χ0v) is 6.60. The fourth-order valence-electron chi connectivity index (χ4n) is 1.04. The number of allylic oxidation sites excluding steroid dienone is 2. The topological polar surface area (TPSA) is 26.0 Å². The van der Waals surface area contributed by atoms with Crippen LogP contribution in [0.1, 0.15) is 6.92 Å². The molecule has 2 atom stereocenters. The lowest BCUT2D eigenvalue weighted by Gasteiger charge is -2.10. The minimum Gasteiger partial charge on any atom is -0.324 e. The summed E-state index contributed by atoms with van der Waals surface area (Å²) in [5.74, 6) is -1.45. The van der Waals surface area contributed by atoms with E-state index < -0.39 is 12.1 Å². The van der Waals surface area contributed by atoms with Crippen molar-refractivity contribution in [1.29, 1.82) is 0 Å². The molecule has 4 heteroatoms. The Morgan fingerprint density at radius 3 is 2.33 bits per heavy atom. The van der Waals surface area contributed by atoms with E-state index in [2.05, 4.69) is 0 Å². The molecule has 0 bridgehead atoms. The third kappa shape index (κ3) is 1.88. The molecule has 2 N–H and O–H groups in total. The predicted octanol–water partition coefficient (Wildman–Crippen LogP) is 2.01. The van der Waals surface area contributed by atoms with Crippen molar-refractivity contribution in [3.8, 4) is 0 Å². The fourth-order valence-corrected chi connectivity index (χ4v) is 1.04. The van der Waals surface area contributed by atoms with Crippen molar-refractivity contribution in [1.82, 2.24) is 0 Å². The number of alkyl halides is 3. The van der Waals surface area contributed by atoms with Crippen LogP contribution in [-0.4, -0.2) is 12.2 Å². The monoisotopic (exact) mass is 177 g/mol. The van der Waals surface area contributed by atoms with E-state index in [1.165, 1.54) is 6.08 Å². The largest absolute Gasteiger partial charge is 0.398 e. The second-order valence-electron chi connectivity index (χ2n) is 2.88. The van der Waals surface area contributed by atoms with Gasteiger partial charge < -0.3 is 5.73 Å². The van der Waals surface area contributed by atoms with Crippen molar-refractivity contribution >= 4 is 0 Å². The number of nitrogens with two attached hydrogens (primary N) is 1. The molecule has 1 rings (SSSR count). The third-order valence-corrected chi connectivity index (χ3v) is 1.77. The van der Waals surface area contributed by atoms with E-state index in [1.54, 1.807) is 6.92 Å². The lowest BCUT2D eigenvalue weighted by molar-refractivity contribution is -0.148. The second kappa shape index (κ2) is 2.94. The molecule has 0 aromatic rings. The average molecular weight is 177 g/mol. The van der Waals surface area contributed by atoms with Gasteiger partial charge in [0, 0.05) is 6.04 Å². The molecule has 0 amide bonds. The van der Waals surface area contributed by atoms with Gasteiger partial charge in [-0.1, -0.05) is 18.2 Å². The lowest BCUT2D eigenvalue weighted by atomic mass is 10.1. The normalized spacial score (nSPS) is 25.8. The Labute approximate surface area is 68.7 Å². The molecule has 68 valence electrons. The van der Waals surface area contributed by atoms with Crippen LogP contribution >= 0.6 is 0 Å². The van der Waals surface area contributed by atoms with Gasteiger partial charge >= 0.3 is 6.18 Å². The maximum absolute atomic E-state index is 12.1. The first kappa shape index (κ1) is 9.32. The summed E-state index contributed by atoms with van der Waals surface area (Å²) in [4.78, 5) is 0. The molecule has 0 aromatic heterocycles. The SMILES string of the molecule is CC(N)C1=CC(C(F)(F)F)C=C1. The Kier molecular flexibility index (Phi) is 2.28. The van der Waals surface area contributed by atoms with Crippen LogP contribution in [0.4, 0.5) is 13.2 Å². The molecule has 0 saturated heterocycles. The Morgan fingerprint density at radius 2 is 2.08 bits per heavy atom. The van der Waals surface area contributed by atoms with Crippen LogP contribution in [0, 0.1) is 5.92 Å². The van der Waals surface area contributed by atoms with Crippen molar-refractivity contribution in [3.05, 3.63) is 23.8 Å². The van der Waals surface area contributed by atoms with E-state index in [-0.39, 0.29) is 6.04 Å². The summed E-state index contributed by atoms with van der Waals surface area (Å²) in [6.45, 7) is 1.66. The average Bonchev–Trinajstić information content (AvgIpc) is 2.30. The first-order chi connectivity index (χ1) is 5.41. The van der Waals surface area contributed by atoms with Crippen LogP contribution in [0.3, 0.4) is 0 Å². The highest BCUT2D eigenvalue weighted by Gasteiger charge is 2.38. The molecule has 0 radical (unpaired) electrons. The highest BCUT2D eigenvalue weighted by molar-refractivity contribution is 5.33. The minimum atomic E-state index is -4.17. The van der Waals surface area contributed by atoms with Gasteiger partial charge in [0.2, 0.25) is 0 Å². The highest BCUT2D eigenvalue weighted by Crippen LogP contribution is 2.33. The first-order valence-corrected chi connectivity index (χ1v) is 3.63. The maximum atomic E-state index is 12.1. The van der Waals surface area contributed by atoms with Crippen molar-refractivity contribution in [2.75, 3.05) is 0 Å². The van der Waals surface area contributed by atoms with Crippen LogP contribution in [0.25, 0.3) is 0 Å². The third-order valence-electron chi connectivity index (χ3n) is 1.77. The van der Waals surface area contributed by atoms with Crippen molar-refractivity contribution in [2.24, 2.45) is 11.7 Å². The van der Waals surface area contributed by atoms with Crippen LogP contribution in [0.15, 0.2) is 23.8 Å². The summed E-state index contributed by atoms with van der Waals surface area (Å²) in [6, 6.07) is -0.325. The number of hydrogen-bond donors (Lipinski definition) is 1. The summed E-state index contributed by atoms with van der Waals surface area (Å²) < 4.78 is 36.2. The lowest BCUT2D eigenvalue weighted by Crippen LogP contribution is -2.19. The van der Waals surface area contributed by atoms with Gasteiger partial charge in [-0.15, -0.1) is 0 Å². The van der Waals surface area contributed by atoms with Crippen LogP contribution in [0.5, 0.6) is 0 Å². The maximum Gasteiger partial charge on any atom is 0.398 e. The molecule has 0 aromatic carbocycles. The molecule has 0 spiro atoms. The molecular formula is C8H10F3N. The Hall–Kier alpha value is -0.770. The fraction of sp³-hybridized carbons (Fsp3) is 0.500. The Balaban J connectivity index is 2.74. The van der Waals surface area contributed by atoms with Crippen molar-refractivity contribution < 1.29 is 13.2 Å². The number of hydrogen-bond acceptors (Lipinski definition) is 1. The molecule has 2 unspecified atom stereocenters. The van der Waals surface area contributed by atoms with Crippen molar-refractivity contribution in [3.63, 3.8) is 0 Å². The Morgan fingerprint density at radius 1 is 1.50 bits per heavy atom. The van der Waals surface area contributed by atoms with Gasteiger partial charge in [0.15, 0.2) is 0 Å². The standard InChI is InChI=1S/C8H10F3N/c1-5(12)6-2-3-7(4-6)8(9,10)11/h2-5,7H,12H2,1H3. The van der Waals surface area contributed by atoms with Gasteiger partial charge in [-0.2, -0.15) is 13.2 Å². The van der Waals surface area contributed by atoms with E-state index in [0.717, 1.165) is 12.2 Å².